The van der Waals surface area contributed by atoms with Crippen molar-refractivity contribution < 1.29 is 20.1 Å². The van der Waals surface area contributed by atoms with E-state index in [2.05, 4.69) is 18.8 Å². The third kappa shape index (κ3) is 5.57. The minimum atomic E-state index is -1.81. The van der Waals surface area contributed by atoms with Gasteiger partial charge in [0.15, 0.2) is 12.2 Å². The quantitative estimate of drug-likeness (QED) is 0.443. The van der Waals surface area contributed by atoms with Crippen molar-refractivity contribution in [2.75, 3.05) is 0 Å². The average molecular weight is 200 g/mol. The van der Waals surface area contributed by atoms with E-state index < -0.39 is 18.2 Å². The summed E-state index contributed by atoms with van der Waals surface area (Å²) in [6, 6.07) is 0. The van der Waals surface area contributed by atoms with Crippen LogP contribution in [0.4, 0.5) is 0 Å². The smallest absolute Gasteiger partial charge is 0.336 e. The molecule has 80 valence electrons. The third-order valence-electron chi connectivity index (χ3n) is 1.71. The number of rotatable bonds is 5. The SMILES string of the molecule is CCCCCC#C[C@@H](O)[C@H](O)C(=O)O. The molecule has 0 spiro atoms. The summed E-state index contributed by atoms with van der Waals surface area (Å²) in [5.74, 6) is 3.47. The minimum Gasteiger partial charge on any atom is -0.479 e. The lowest BCUT2D eigenvalue weighted by molar-refractivity contribution is -0.150. The van der Waals surface area contributed by atoms with Crippen LogP contribution in [0.3, 0.4) is 0 Å². The molecule has 0 saturated carbocycles. The number of aliphatic carboxylic acids is 1. The Kier molecular flexibility index (Phi) is 6.81. The van der Waals surface area contributed by atoms with E-state index in [1.54, 1.807) is 0 Å². The number of hydrogen-bond donors (Lipinski definition) is 3. The lowest BCUT2D eigenvalue weighted by Crippen LogP contribution is -2.32. The summed E-state index contributed by atoms with van der Waals surface area (Å²) in [5, 5.41) is 26.2. The number of carboxylic acids is 1. The largest absolute Gasteiger partial charge is 0.479 e. The maximum Gasteiger partial charge on any atom is 0.336 e. The van der Waals surface area contributed by atoms with E-state index >= 15 is 0 Å². The van der Waals surface area contributed by atoms with Crippen molar-refractivity contribution in [2.24, 2.45) is 0 Å². The molecule has 0 aromatic carbocycles. The normalized spacial score (nSPS) is 13.9. The molecule has 0 aliphatic heterocycles. The van der Waals surface area contributed by atoms with Gasteiger partial charge in [-0.15, -0.1) is 5.92 Å². The molecule has 0 fully saturated rings. The Hall–Kier alpha value is -1.05. The van der Waals surface area contributed by atoms with E-state index in [-0.39, 0.29) is 0 Å². The van der Waals surface area contributed by atoms with Crippen LogP contribution in [0.1, 0.15) is 32.6 Å². The van der Waals surface area contributed by atoms with Gasteiger partial charge in [0.2, 0.25) is 0 Å². The van der Waals surface area contributed by atoms with Gasteiger partial charge < -0.3 is 15.3 Å². The fourth-order valence-electron chi connectivity index (χ4n) is 0.854. The predicted molar refractivity (Wildman–Crippen MR) is 51.6 cm³/mol. The number of hydrogen-bond acceptors (Lipinski definition) is 3. The van der Waals surface area contributed by atoms with Gasteiger partial charge >= 0.3 is 5.97 Å². The van der Waals surface area contributed by atoms with Crippen LogP contribution in [-0.4, -0.2) is 33.5 Å². The van der Waals surface area contributed by atoms with Gasteiger partial charge in [0.1, 0.15) is 0 Å². The highest BCUT2D eigenvalue weighted by Gasteiger charge is 2.21. The first kappa shape index (κ1) is 12.9. The molecule has 4 nitrogen and oxygen atoms in total. The molecule has 0 aliphatic carbocycles. The van der Waals surface area contributed by atoms with Crippen LogP contribution in [0.25, 0.3) is 0 Å². The minimum absolute atomic E-state index is 0.622. The van der Waals surface area contributed by atoms with Crippen LogP contribution in [0.5, 0.6) is 0 Å². The summed E-state index contributed by atoms with van der Waals surface area (Å²) in [6.07, 6.45) is 0.396. The van der Waals surface area contributed by atoms with Gasteiger partial charge in [0.05, 0.1) is 0 Å². The second-order valence-electron chi connectivity index (χ2n) is 3.01. The van der Waals surface area contributed by atoms with Gasteiger partial charge in [-0.25, -0.2) is 4.79 Å². The van der Waals surface area contributed by atoms with E-state index in [0.29, 0.717) is 6.42 Å². The molecule has 0 rings (SSSR count). The fourth-order valence-corrected chi connectivity index (χ4v) is 0.854. The molecule has 0 bridgehead atoms. The molecule has 3 N–H and O–H groups in total. The van der Waals surface area contributed by atoms with Crippen molar-refractivity contribution in [2.45, 2.75) is 44.8 Å². The number of carbonyl (C=O) groups is 1. The number of unbranched alkanes of at least 4 members (excludes halogenated alkanes) is 3. The van der Waals surface area contributed by atoms with Gasteiger partial charge in [-0.3, -0.25) is 0 Å². The summed E-state index contributed by atoms with van der Waals surface area (Å²) in [6.45, 7) is 2.07. The first-order valence-electron chi connectivity index (χ1n) is 4.67. The van der Waals surface area contributed by atoms with Gasteiger partial charge in [0, 0.05) is 6.42 Å². The highest BCUT2D eigenvalue weighted by atomic mass is 16.4. The van der Waals surface area contributed by atoms with Crippen LogP contribution >= 0.6 is 0 Å². The van der Waals surface area contributed by atoms with Crippen molar-refractivity contribution in [1.29, 1.82) is 0 Å². The predicted octanol–water partition coefficient (Wildman–Crippen LogP) is 0.377. The van der Waals surface area contributed by atoms with Crippen molar-refractivity contribution in [1.82, 2.24) is 0 Å². The van der Waals surface area contributed by atoms with Crippen molar-refractivity contribution in [3.05, 3.63) is 0 Å². The molecule has 0 aliphatic rings. The molecule has 0 unspecified atom stereocenters. The Morgan fingerprint density at radius 3 is 2.50 bits per heavy atom. The maximum absolute atomic E-state index is 10.2. The Morgan fingerprint density at radius 2 is 2.00 bits per heavy atom. The van der Waals surface area contributed by atoms with Crippen molar-refractivity contribution in [3.8, 4) is 11.8 Å². The molecule has 2 atom stereocenters. The average Bonchev–Trinajstić information content (AvgIpc) is 2.16. The van der Waals surface area contributed by atoms with Crippen LogP contribution < -0.4 is 0 Å². The van der Waals surface area contributed by atoms with Crippen molar-refractivity contribution in [3.63, 3.8) is 0 Å². The maximum atomic E-state index is 10.2. The molecule has 0 heterocycles. The topological polar surface area (TPSA) is 77.8 Å². The Morgan fingerprint density at radius 1 is 1.36 bits per heavy atom. The molecular weight excluding hydrogens is 184 g/mol. The zero-order chi connectivity index (χ0) is 11.0. The van der Waals surface area contributed by atoms with Gasteiger partial charge in [-0.05, 0) is 6.42 Å². The van der Waals surface area contributed by atoms with Gasteiger partial charge in [-0.2, -0.15) is 0 Å². The monoisotopic (exact) mass is 200 g/mol. The van der Waals surface area contributed by atoms with Crippen LogP contribution in [0, 0.1) is 11.8 Å². The molecule has 0 aromatic rings. The molecule has 0 aromatic heterocycles. The van der Waals surface area contributed by atoms with Crippen LogP contribution in [0.2, 0.25) is 0 Å². The second kappa shape index (κ2) is 7.36. The second-order valence-corrected chi connectivity index (χ2v) is 3.01. The molecule has 14 heavy (non-hydrogen) atoms. The van der Waals surface area contributed by atoms with E-state index in [0.717, 1.165) is 19.3 Å². The van der Waals surface area contributed by atoms with E-state index in [4.69, 9.17) is 15.3 Å². The molecule has 0 amide bonds. The van der Waals surface area contributed by atoms with E-state index in [1.165, 1.54) is 0 Å². The van der Waals surface area contributed by atoms with Gasteiger partial charge in [-0.1, -0.05) is 25.7 Å². The summed E-state index contributed by atoms with van der Waals surface area (Å²) < 4.78 is 0. The molecule has 4 heteroatoms. The van der Waals surface area contributed by atoms with E-state index in [1.807, 2.05) is 0 Å². The first-order valence-corrected chi connectivity index (χ1v) is 4.67. The van der Waals surface area contributed by atoms with Crippen LogP contribution in [-0.2, 0) is 4.79 Å². The number of carboxylic acid groups (broad SMARTS) is 1. The van der Waals surface area contributed by atoms with E-state index in [9.17, 15) is 4.79 Å². The molecule has 0 saturated heterocycles. The summed E-state index contributed by atoms with van der Waals surface area (Å²) in [5.41, 5.74) is 0. The lowest BCUT2D eigenvalue weighted by Gasteiger charge is -2.06. The number of aliphatic hydroxyl groups excluding tert-OH is 2. The zero-order valence-electron chi connectivity index (χ0n) is 8.23. The third-order valence-corrected chi connectivity index (χ3v) is 1.71. The molecular formula is C10H16O4. The summed E-state index contributed by atoms with van der Waals surface area (Å²) >= 11 is 0. The fraction of sp³-hybridized carbons (Fsp3) is 0.700. The highest BCUT2D eigenvalue weighted by Crippen LogP contribution is 1.98. The Balaban J connectivity index is 3.79. The summed E-state index contributed by atoms with van der Waals surface area (Å²) in [7, 11) is 0. The number of aliphatic hydroxyl groups is 2. The summed E-state index contributed by atoms with van der Waals surface area (Å²) in [4.78, 5) is 10.2. The first-order chi connectivity index (χ1) is 6.59. The Labute approximate surface area is 83.6 Å². The highest BCUT2D eigenvalue weighted by molar-refractivity contribution is 5.73. The Bertz CT molecular complexity index is 226. The lowest BCUT2D eigenvalue weighted by atomic mass is 10.2. The van der Waals surface area contributed by atoms with Crippen LogP contribution in [0.15, 0.2) is 0 Å². The standard InChI is InChI=1S/C10H16O4/c1-2-3-4-5-6-7-8(11)9(12)10(13)14/h8-9,11-12H,2-5H2,1H3,(H,13,14)/t8-,9+/m1/s1. The zero-order valence-corrected chi connectivity index (χ0v) is 8.23. The molecule has 0 radical (unpaired) electrons. The van der Waals surface area contributed by atoms with Gasteiger partial charge in [0.25, 0.3) is 0 Å². The van der Waals surface area contributed by atoms with Crippen molar-refractivity contribution >= 4 is 5.97 Å².